The minimum Gasteiger partial charge on any atom is -0.364 e. The molecule has 1 aliphatic heterocycles. The number of aromatic amines is 1. The zero-order chi connectivity index (χ0) is 29.8. The molecule has 41 heavy (non-hydrogen) atoms. The second-order valence-electron chi connectivity index (χ2n) is 9.62. The molecular formula is C26H25F3N9O3+. The molecule has 1 aromatic carbocycles. The van der Waals surface area contributed by atoms with Crippen molar-refractivity contribution in [1.82, 2.24) is 15.0 Å². The highest BCUT2D eigenvalue weighted by Crippen LogP contribution is 2.31. The van der Waals surface area contributed by atoms with E-state index in [2.05, 4.69) is 36.8 Å². The molecule has 0 aliphatic carbocycles. The van der Waals surface area contributed by atoms with Crippen molar-refractivity contribution in [2.75, 3.05) is 43.3 Å². The molecule has 4 rings (SSSR count). The van der Waals surface area contributed by atoms with E-state index in [-0.39, 0.29) is 29.1 Å². The van der Waals surface area contributed by atoms with Gasteiger partial charge in [0, 0.05) is 22.9 Å². The Morgan fingerprint density at radius 1 is 1.32 bits per heavy atom. The third-order valence-electron chi connectivity index (χ3n) is 5.86. The Bertz CT molecular complexity index is 1590. The Hall–Kier alpha value is -5.23. The number of carbonyl (C=O) groups excluding carboxylic acids is 1. The number of imidazole rings is 1. The van der Waals surface area contributed by atoms with Crippen molar-refractivity contribution in [3.63, 3.8) is 0 Å². The number of quaternary nitrogens is 1. The van der Waals surface area contributed by atoms with Crippen molar-refractivity contribution in [2.45, 2.75) is 12.7 Å². The number of carbonyl (C=O) groups is 1. The van der Waals surface area contributed by atoms with E-state index in [1.54, 1.807) is 38.5 Å². The van der Waals surface area contributed by atoms with Gasteiger partial charge in [0.15, 0.2) is 5.69 Å². The average Bonchev–Trinajstić information content (AvgIpc) is 3.33. The lowest BCUT2D eigenvalue weighted by Crippen LogP contribution is -2.39. The van der Waals surface area contributed by atoms with Crippen molar-refractivity contribution in [1.29, 1.82) is 0 Å². The molecule has 212 valence electrons. The number of benzene rings is 1. The Labute approximate surface area is 232 Å². The summed E-state index contributed by atoms with van der Waals surface area (Å²) in [6.07, 6.45) is 4.95. The summed E-state index contributed by atoms with van der Waals surface area (Å²) in [6, 6.07) is 8.93. The van der Waals surface area contributed by atoms with Gasteiger partial charge in [0.2, 0.25) is 5.91 Å². The molecule has 0 unspecified atom stereocenters. The molecule has 0 saturated heterocycles. The summed E-state index contributed by atoms with van der Waals surface area (Å²) in [5.74, 6) is 0.566. The molecule has 1 amide bonds. The number of amides is 1. The number of alkyl halides is 3. The number of aliphatic imine (C=N–C) groups is 1. The zero-order valence-corrected chi connectivity index (χ0v) is 21.9. The van der Waals surface area contributed by atoms with Gasteiger partial charge in [0.25, 0.3) is 0 Å². The maximum atomic E-state index is 13.0. The molecule has 1 aliphatic rings. The number of hydrogen-bond acceptors (Lipinski definition) is 8. The van der Waals surface area contributed by atoms with Crippen LogP contribution in [0.4, 0.5) is 36.2 Å². The minimum absolute atomic E-state index is 0.000749. The molecule has 0 radical (unpaired) electrons. The number of aromatic nitrogens is 3. The van der Waals surface area contributed by atoms with E-state index in [0.717, 1.165) is 5.69 Å². The number of amidine groups is 1. The van der Waals surface area contributed by atoms with Crippen LogP contribution in [0.3, 0.4) is 0 Å². The van der Waals surface area contributed by atoms with E-state index in [0.29, 0.717) is 29.3 Å². The molecule has 4 N–H and O–H groups in total. The van der Waals surface area contributed by atoms with E-state index in [4.69, 9.17) is 6.42 Å². The fourth-order valence-corrected chi connectivity index (χ4v) is 3.98. The number of fused-ring (bicyclic) bond motifs is 1. The van der Waals surface area contributed by atoms with Crippen molar-refractivity contribution in [3.8, 4) is 12.3 Å². The average molecular weight is 569 g/mol. The van der Waals surface area contributed by atoms with Gasteiger partial charge in [-0.1, -0.05) is 12.0 Å². The summed E-state index contributed by atoms with van der Waals surface area (Å²) in [4.78, 5) is 36.6. The second-order valence-corrected chi connectivity index (χ2v) is 9.62. The van der Waals surface area contributed by atoms with Crippen molar-refractivity contribution in [2.24, 2.45) is 4.99 Å². The number of likely N-dealkylation sites (N-methyl/N-ethyl adjacent to an activating group) is 1. The molecule has 0 spiro atoms. The Morgan fingerprint density at radius 2 is 2.10 bits per heavy atom. The molecule has 12 nitrogen and oxygen atoms in total. The number of hydrogen-bond donors (Lipinski definition) is 4. The lowest BCUT2D eigenvalue weighted by atomic mass is 10.1. The molecule has 3 heterocycles. The highest BCUT2D eigenvalue weighted by Gasteiger charge is 2.43. The third kappa shape index (κ3) is 7.25. The second kappa shape index (κ2) is 11.5. The first-order valence-electron chi connectivity index (χ1n) is 12.1. The molecule has 0 atom stereocenters. The quantitative estimate of drug-likeness (QED) is 0.106. The highest BCUT2D eigenvalue weighted by atomic mass is 19.4. The van der Waals surface area contributed by atoms with Crippen molar-refractivity contribution < 1.29 is 27.4 Å². The van der Waals surface area contributed by atoms with Crippen LogP contribution < -0.4 is 16.0 Å². The van der Waals surface area contributed by atoms with Crippen LogP contribution in [0.1, 0.15) is 22.6 Å². The van der Waals surface area contributed by atoms with Crippen LogP contribution in [0.2, 0.25) is 0 Å². The minimum atomic E-state index is -4.85. The van der Waals surface area contributed by atoms with Crippen molar-refractivity contribution in [3.05, 3.63) is 81.4 Å². The van der Waals surface area contributed by atoms with Gasteiger partial charge >= 0.3 is 17.8 Å². The summed E-state index contributed by atoms with van der Waals surface area (Å²) >= 11 is 0. The normalized spacial score (nSPS) is 13.1. The standard InChI is InChI=1S/C26H24F3N9O3/c1-4-16-7-5-8-17(11-16)33-23-18-12-21(30-13-19(18)31-15-32-23)35-22(39)9-6-10-38(2,3)14-20-24(37(40)41)36-25(34-20)26(27,28)29/h1,5-9,11-13H,10,14-15H2,2-3H3,(H3-,30,31,32,33,34,35,36,39)/p+1/b9-6+. The first-order chi connectivity index (χ1) is 19.3. The van der Waals surface area contributed by atoms with E-state index in [1.165, 1.54) is 12.2 Å². The summed E-state index contributed by atoms with van der Waals surface area (Å²) in [5, 5.41) is 20.2. The molecule has 0 fully saturated rings. The van der Waals surface area contributed by atoms with Crippen molar-refractivity contribution >= 4 is 34.8 Å². The van der Waals surface area contributed by atoms with Gasteiger partial charge in [-0.2, -0.15) is 13.2 Å². The van der Waals surface area contributed by atoms with Crippen LogP contribution in [0.5, 0.6) is 0 Å². The summed E-state index contributed by atoms with van der Waals surface area (Å²) < 4.78 is 39.0. The lowest BCUT2D eigenvalue weighted by molar-refractivity contribution is -0.898. The lowest BCUT2D eigenvalue weighted by Gasteiger charge is -2.27. The topological polar surface area (TPSA) is 150 Å². The van der Waals surface area contributed by atoms with Gasteiger partial charge in [0.1, 0.15) is 24.9 Å². The molecule has 3 aromatic rings. The molecule has 0 saturated carbocycles. The number of nitrogens with zero attached hydrogens (tertiary/aromatic N) is 5. The van der Waals surface area contributed by atoms with E-state index >= 15 is 0 Å². The van der Waals surface area contributed by atoms with E-state index in [9.17, 15) is 28.1 Å². The van der Waals surface area contributed by atoms with Gasteiger partial charge in [-0.25, -0.2) is 9.98 Å². The number of halogens is 3. The summed E-state index contributed by atoms with van der Waals surface area (Å²) in [6.45, 7) is 0.335. The third-order valence-corrected chi connectivity index (χ3v) is 5.86. The smallest absolute Gasteiger partial charge is 0.364 e. The van der Waals surface area contributed by atoms with Crippen LogP contribution in [-0.4, -0.2) is 63.4 Å². The van der Waals surface area contributed by atoms with Crippen LogP contribution in [0.25, 0.3) is 0 Å². The maximum absolute atomic E-state index is 13.0. The summed E-state index contributed by atoms with van der Waals surface area (Å²) in [5.41, 5.74) is 2.57. The Morgan fingerprint density at radius 3 is 2.80 bits per heavy atom. The van der Waals surface area contributed by atoms with Crippen LogP contribution in [0, 0.1) is 22.5 Å². The predicted molar refractivity (Wildman–Crippen MR) is 146 cm³/mol. The SMILES string of the molecule is C#Cc1cccc(NC2=NCNc3cnc(NC(=O)/C=C/C[N+](C)(C)Cc4[nH]c(C(F)(F)F)nc4[N+](=O)[O-])cc32)c1. The first kappa shape index (κ1) is 28.8. The van der Waals surface area contributed by atoms with Gasteiger partial charge in [-0.05, 0) is 40.2 Å². The maximum Gasteiger partial charge on any atom is 0.475 e. The molecule has 0 bridgehead atoms. The van der Waals surface area contributed by atoms with E-state index < -0.39 is 28.6 Å². The molecule has 15 heteroatoms. The van der Waals surface area contributed by atoms with Gasteiger partial charge in [0.05, 0.1) is 32.5 Å². The van der Waals surface area contributed by atoms with Crippen LogP contribution in [0.15, 0.2) is 53.7 Å². The molecular weight excluding hydrogens is 543 g/mol. The summed E-state index contributed by atoms with van der Waals surface area (Å²) in [7, 11) is 3.29. The number of H-pyrrole nitrogens is 1. The monoisotopic (exact) mass is 568 g/mol. The van der Waals surface area contributed by atoms with Gasteiger partial charge in [-0.3, -0.25) is 4.79 Å². The number of nitro groups is 1. The predicted octanol–water partition coefficient (Wildman–Crippen LogP) is 3.73. The first-order valence-corrected chi connectivity index (χ1v) is 12.1. The largest absolute Gasteiger partial charge is 0.475 e. The van der Waals surface area contributed by atoms with Crippen LogP contribution in [-0.2, 0) is 17.5 Å². The highest BCUT2D eigenvalue weighted by molar-refractivity contribution is 6.13. The number of rotatable bonds is 8. The van der Waals surface area contributed by atoms with Crippen LogP contribution >= 0.6 is 0 Å². The number of terminal acetylenes is 1. The fraction of sp³-hybridized carbons (Fsp3) is 0.231. The number of anilines is 3. The molecule has 2 aromatic heterocycles. The fourth-order valence-electron chi connectivity index (χ4n) is 3.98. The Kier molecular flexibility index (Phi) is 8.06. The van der Waals surface area contributed by atoms with E-state index in [1.807, 2.05) is 17.1 Å². The Balaban J connectivity index is 1.40. The van der Waals surface area contributed by atoms with Gasteiger partial charge < -0.3 is 35.5 Å². The van der Waals surface area contributed by atoms with Gasteiger partial charge in [-0.15, -0.1) is 6.42 Å². The number of nitrogens with one attached hydrogen (secondary N) is 4. The zero-order valence-electron chi connectivity index (χ0n) is 21.9. The number of pyridine rings is 1.